The summed E-state index contributed by atoms with van der Waals surface area (Å²) in [5, 5.41) is 18.1. The van der Waals surface area contributed by atoms with Gasteiger partial charge in [0.2, 0.25) is 5.91 Å². The first-order valence-corrected chi connectivity index (χ1v) is 8.43. The van der Waals surface area contributed by atoms with Gasteiger partial charge in [-0.05, 0) is 38.5 Å². The van der Waals surface area contributed by atoms with Gasteiger partial charge in [-0.2, -0.15) is 5.10 Å². The molecule has 0 bridgehead atoms. The van der Waals surface area contributed by atoms with Gasteiger partial charge in [-0.1, -0.05) is 12.1 Å². The van der Waals surface area contributed by atoms with E-state index in [0.717, 1.165) is 11.3 Å². The van der Waals surface area contributed by atoms with Gasteiger partial charge in [0.05, 0.1) is 17.3 Å². The standard InChI is InChI=1S/C18H20N6O3/c1-12(15-4-6-16(7-5-15)22-9-8-19-11-22)20-17(25)10-23-14(3)18(24(26)27)13(2)21-23/h4-9,11-12H,10H2,1-3H3,(H,20,25)/t12-/m0/s1. The van der Waals surface area contributed by atoms with Crippen LogP contribution in [0.4, 0.5) is 5.69 Å². The average Bonchev–Trinajstić information content (AvgIpc) is 3.23. The molecule has 0 aliphatic carbocycles. The second-order valence-corrected chi connectivity index (χ2v) is 6.28. The summed E-state index contributed by atoms with van der Waals surface area (Å²) in [4.78, 5) is 26.9. The maximum Gasteiger partial charge on any atom is 0.312 e. The zero-order valence-electron chi connectivity index (χ0n) is 15.3. The van der Waals surface area contributed by atoms with Crippen LogP contribution in [-0.2, 0) is 11.3 Å². The molecular formula is C18H20N6O3. The predicted molar refractivity (Wildman–Crippen MR) is 98.5 cm³/mol. The zero-order valence-corrected chi connectivity index (χ0v) is 15.3. The summed E-state index contributed by atoms with van der Waals surface area (Å²) in [5.74, 6) is -0.262. The number of rotatable bonds is 6. The van der Waals surface area contributed by atoms with Crippen molar-refractivity contribution in [2.75, 3.05) is 0 Å². The first-order valence-electron chi connectivity index (χ1n) is 8.43. The number of aromatic nitrogens is 4. The molecule has 1 amide bonds. The topological polar surface area (TPSA) is 108 Å². The molecule has 0 aliphatic rings. The fourth-order valence-corrected chi connectivity index (χ4v) is 2.96. The number of hydrogen-bond acceptors (Lipinski definition) is 5. The Bertz CT molecular complexity index is 960. The molecule has 1 atom stereocenters. The minimum absolute atomic E-state index is 0.0501. The molecule has 27 heavy (non-hydrogen) atoms. The van der Waals surface area contributed by atoms with Gasteiger partial charge >= 0.3 is 5.69 Å². The van der Waals surface area contributed by atoms with Crippen LogP contribution in [0.3, 0.4) is 0 Å². The third-order valence-corrected chi connectivity index (χ3v) is 4.39. The first-order chi connectivity index (χ1) is 12.9. The van der Waals surface area contributed by atoms with Crippen molar-refractivity contribution in [2.24, 2.45) is 0 Å². The van der Waals surface area contributed by atoms with Crippen molar-refractivity contribution in [3.63, 3.8) is 0 Å². The molecule has 1 aromatic carbocycles. The molecule has 1 N–H and O–H groups in total. The number of carbonyl (C=O) groups is 1. The summed E-state index contributed by atoms with van der Waals surface area (Å²) in [6.07, 6.45) is 5.28. The number of nitrogens with zero attached hydrogens (tertiary/aromatic N) is 5. The maximum absolute atomic E-state index is 12.3. The lowest BCUT2D eigenvalue weighted by Gasteiger charge is -2.15. The molecule has 3 aromatic rings. The number of benzene rings is 1. The van der Waals surface area contributed by atoms with E-state index in [4.69, 9.17) is 0 Å². The predicted octanol–water partition coefficient (Wildman–Crippen LogP) is 2.47. The summed E-state index contributed by atoms with van der Waals surface area (Å²) in [6, 6.07) is 7.57. The van der Waals surface area contributed by atoms with Crippen LogP contribution in [0.5, 0.6) is 0 Å². The number of amides is 1. The van der Waals surface area contributed by atoms with Crippen molar-refractivity contribution in [1.29, 1.82) is 0 Å². The lowest BCUT2D eigenvalue weighted by atomic mass is 10.1. The average molecular weight is 368 g/mol. The highest BCUT2D eigenvalue weighted by Crippen LogP contribution is 2.22. The van der Waals surface area contributed by atoms with E-state index < -0.39 is 4.92 Å². The van der Waals surface area contributed by atoms with E-state index in [9.17, 15) is 14.9 Å². The van der Waals surface area contributed by atoms with Crippen LogP contribution in [0.15, 0.2) is 43.0 Å². The summed E-state index contributed by atoms with van der Waals surface area (Å²) in [6.45, 7) is 4.96. The lowest BCUT2D eigenvalue weighted by molar-refractivity contribution is -0.386. The molecule has 9 nitrogen and oxygen atoms in total. The summed E-state index contributed by atoms with van der Waals surface area (Å²) < 4.78 is 3.25. The first kappa shape index (κ1) is 18.3. The Kier molecular flexibility index (Phi) is 5.02. The SMILES string of the molecule is Cc1nn(CC(=O)N[C@@H](C)c2ccc(-n3ccnc3)cc2)c(C)c1[N+](=O)[O-]. The van der Waals surface area contributed by atoms with Crippen molar-refractivity contribution < 1.29 is 9.72 Å². The van der Waals surface area contributed by atoms with Gasteiger partial charge in [0, 0.05) is 18.1 Å². The second kappa shape index (κ2) is 7.40. The molecule has 140 valence electrons. The van der Waals surface area contributed by atoms with E-state index >= 15 is 0 Å². The molecule has 2 aromatic heterocycles. The molecule has 0 radical (unpaired) electrons. The normalized spacial score (nSPS) is 12.0. The monoisotopic (exact) mass is 368 g/mol. The van der Waals surface area contributed by atoms with Gasteiger partial charge < -0.3 is 9.88 Å². The van der Waals surface area contributed by atoms with Gasteiger partial charge in [0.25, 0.3) is 0 Å². The van der Waals surface area contributed by atoms with Crippen LogP contribution in [0.25, 0.3) is 5.69 Å². The van der Waals surface area contributed by atoms with Crippen molar-refractivity contribution in [2.45, 2.75) is 33.4 Å². The Balaban J connectivity index is 1.66. The summed E-state index contributed by atoms with van der Waals surface area (Å²) in [5.41, 5.74) is 2.54. The van der Waals surface area contributed by atoms with Gasteiger partial charge in [-0.15, -0.1) is 0 Å². The highest BCUT2D eigenvalue weighted by Gasteiger charge is 2.23. The molecule has 0 aliphatic heterocycles. The van der Waals surface area contributed by atoms with Crippen molar-refractivity contribution >= 4 is 11.6 Å². The third-order valence-electron chi connectivity index (χ3n) is 4.39. The van der Waals surface area contributed by atoms with E-state index in [1.54, 1.807) is 26.4 Å². The highest BCUT2D eigenvalue weighted by atomic mass is 16.6. The maximum atomic E-state index is 12.3. The molecule has 9 heteroatoms. The van der Waals surface area contributed by atoms with Crippen LogP contribution < -0.4 is 5.32 Å². The van der Waals surface area contributed by atoms with E-state index in [-0.39, 0.29) is 24.2 Å². The van der Waals surface area contributed by atoms with Gasteiger partial charge in [0.1, 0.15) is 17.9 Å². The quantitative estimate of drug-likeness (QED) is 0.531. The largest absolute Gasteiger partial charge is 0.348 e. The van der Waals surface area contributed by atoms with Gasteiger partial charge in [-0.3, -0.25) is 19.6 Å². The Hall–Kier alpha value is -3.49. The van der Waals surface area contributed by atoms with E-state index in [2.05, 4.69) is 15.4 Å². The molecule has 3 rings (SSSR count). The molecule has 0 fully saturated rings. The van der Waals surface area contributed by atoms with Crippen LogP contribution in [-0.4, -0.2) is 30.2 Å². The minimum atomic E-state index is -0.476. The number of nitrogens with one attached hydrogen (secondary N) is 1. The van der Waals surface area contributed by atoms with E-state index in [1.807, 2.05) is 42.0 Å². The minimum Gasteiger partial charge on any atom is -0.348 e. The number of nitro groups is 1. The number of imidazole rings is 1. The lowest BCUT2D eigenvalue weighted by Crippen LogP contribution is -2.30. The molecule has 0 spiro atoms. The smallest absolute Gasteiger partial charge is 0.312 e. The van der Waals surface area contributed by atoms with Crippen LogP contribution in [0.1, 0.15) is 29.9 Å². The fourth-order valence-electron chi connectivity index (χ4n) is 2.96. The molecule has 0 saturated heterocycles. The van der Waals surface area contributed by atoms with Crippen molar-refractivity contribution in [3.05, 3.63) is 70.1 Å². The molecule has 0 saturated carbocycles. The van der Waals surface area contributed by atoms with E-state index in [1.165, 1.54) is 4.68 Å². The van der Waals surface area contributed by atoms with Gasteiger partial charge in [-0.25, -0.2) is 4.98 Å². The van der Waals surface area contributed by atoms with Crippen LogP contribution >= 0.6 is 0 Å². The highest BCUT2D eigenvalue weighted by molar-refractivity contribution is 5.76. The summed E-state index contributed by atoms with van der Waals surface area (Å²) in [7, 11) is 0. The number of carbonyl (C=O) groups excluding carboxylic acids is 1. The Labute approximate surface area is 155 Å². The zero-order chi connectivity index (χ0) is 19.6. The van der Waals surface area contributed by atoms with Gasteiger partial charge in [0.15, 0.2) is 0 Å². The number of aryl methyl sites for hydroxylation is 1. The number of hydrogen-bond donors (Lipinski definition) is 1. The molecule has 2 heterocycles. The molecule has 0 unspecified atom stereocenters. The Morgan fingerprint density at radius 1 is 1.30 bits per heavy atom. The Morgan fingerprint density at radius 3 is 2.56 bits per heavy atom. The Morgan fingerprint density at radius 2 is 2.00 bits per heavy atom. The van der Waals surface area contributed by atoms with Crippen molar-refractivity contribution in [3.8, 4) is 5.69 Å². The van der Waals surface area contributed by atoms with Crippen LogP contribution in [0.2, 0.25) is 0 Å². The third kappa shape index (κ3) is 3.86. The molecular weight excluding hydrogens is 348 g/mol. The second-order valence-electron chi connectivity index (χ2n) is 6.28. The van der Waals surface area contributed by atoms with E-state index in [0.29, 0.717) is 11.4 Å². The van der Waals surface area contributed by atoms with Crippen molar-refractivity contribution in [1.82, 2.24) is 24.6 Å². The van der Waals surface area contributed by atoms with Crippen LogP contribution in [0, 0.1) is 24.0 Å². The summed E-state index contributed by atoms with van der Waals surface area (Å²) >= 11 is 0. The fraction of sp³-hybridized carbons (Fsp3) is 0.278.